The third-order valence-electron chi connectivity index (χ3n) is 6.24. The maximum absolute atomic E-state index is 12.7. The second kappa shape index (κ2) is 4.81. The number of aryl methyl sites for hydroxylation is 2. The minimum Gasteiger partial charge on any atom is -0.325 e. The lowest BCUT2D eigenvalue weighted by molar-refractivity contribution is -0.118. The molecule has 1 spiro atoms. The summed E-state index contributed by atoms with van der Waals surface area (Å²) in [5.41, 5.74) is 4.14. The van der Waals surface area contributed by atoms with Crippen LogP contribution in [0, 0.1) is 11.3 Å². The highest BCUT2D eigenvalue weighted by Crippen LogP contribution is 2.58. The summed E-state index contributed by atoms with van der Waals surface area (Å²) in [4.78, 5) is 12.7. The Kier molecular flexibility index (Phi) is 2.84. The summed E-state index contributed by atoms with van der Waals surface area (Å²) < 4.78 is 0. The van der Waals surface area contributed by atoms with E-state index < -0.39 is 0 Å². The third kappa shape index (κ3) is 2.03. The van der Waals surface area contributed by atoms with E-state index in [2.05, 4.69) is 41.0 Å². The predicted molar refractivity (Wildman–Crippen MR) is 92.6 cm³/mol. The van der Waals surface area contributed by atoms with Crippen LogP contribution in [-0.4, -0.2) is 19.0 Å². The van der Waals surface area contributed by atoms with Crippen LogP contribution in [0.5, 0.6) is 0 Å². The summed E-state index contributed by atoms with van der Waals surface area (Å²) in [6.07, 6.45) is 5.62. The monoisotopic (exact) mass is 306 g/mol. The van der Waals surface area contributed by atoms with Crippen molar-refractivity contribution >= 4 is 22.4 Å². The SMILES string of the molecule is O=C(Nc1ccc2c3c(cccc13)CC2)C1CC12CCNCC2. The van der Waals surface area contributed by atoms with Gasteiger partial charge in [-0.1, -0.05) is 24.3 Å². The number of carbonyl (C=O) groups is 1. The molecule has 1 aliphatic heterocycles. The van der Waals surface area contributed by atoms with Gasteiger partial charge in [-0.25, -0.2) is 0 Å². The van der Waals surface area contributed by atoms with Crippen LogP contribution in [0.3, 0.4) is 0 Å². The van der Waals surface area contributed by atoms with Gasteiger partial charge in [-0.3, -0.25) is 4.79 Å². The molecule has 3 heteroatoms. The normalized spacial score (nSPS) is 24.1. The molecule has 2 aliphatic carbocycles. The van der Waals surface area contributed by atoms with Crippen LogP contribution in [0.1, 0.15) is 30.4 Å². The molecule has 2 aromatic rings. The van der Waals surface area contributed by atoms with Gasteiger partial charge in [-0.05, 0) is 73.2 Å². The largest absolute Gasteiger partial charge is 0.325 e. The Bertz CT molecular complexity index is 794. The van der Waals surface area contributed by atoms with Gasteiger partial charge in [0.2, 0.25) is 5.91 Å². The molecule has 2 N–H and O–H groups in total. The average molecular weight is 306 g/mol. The van der Waals surface area contributed by atoms with Gasteiger partial charge < -0.3 is 10.6 Å². The first-order valence-corrected chi connectivity index (χ1v) is 8.82. The van der Waals surface area contributed by atoms with Crippen molar-refractivity contribution < 1.29 is 4.79 Å². The summed E-state index contributed by atoms with van der Waals surface area (Å²) >= 11 is 0. The van der Waals surface area contributed by atoms with Gasteiger partial charge in [0.05, 0.1) is 0 Å². The summed E-state index contributed by atoms with van der Waals surface area (Å²) in [5.74, 6) is 0.443. The topological polar surface area (TPSA) is 41.1 Å². The van der Waals surface area contributed by atoms with Crippen molar-refractivity contribution in [2.45, 2.75) is 32.1 Å². The smallest absolute Gasteiger partial charge is 0.228 e. The molecule has 1 amide bonds. The summed E-state index contributed by atoms with van der Waals surface area (Å²) in [6.45, 7) is 2.12. The van der Waals surface area contributed by atoms with Crippen LogP contribution in [-0.2, 0) is 17.6 Å². The summed E-state index contributed by atoms with van der Waals surface area (Å²) in [6, 6.07) is 10.8. The number of amides is 1. The number of benzene rings is 2. The van der Waals surface area contributed by atoms with E-state index in [1.165, 1.54) is 21.9 Å². The zero-order valence-electron chi connectivity index (χ0n) is 13.3. The van der Waals surface area contributed by atoms with Gasteiger partial charge in [-0.15, -0.1) is 0 Å². The van der Waals surface area contributed by atoms with Crippen LogP contribution in [0.4, 0.5) is 5.69 Å². The first-order chi connectivity index (χ1) is 11.3. The van der Waals surface area contributed by atoms with E-state index in [1.807, 2.05) is 0 Å². The number of carbonyl (C=O) groups excluding carboxylic acids is 1. The van der Waals surface area contributed by atoms with Gasteiger partial charge in [-0.2, -0.15) is 0 Å². The van der Waals surface area contributed by atoms with Crippen molar-refractivity contribution in [1.29, 1.82) is 0 Å². The Balaban J connectivity index is 1.43. The fourth-order valence-corrected chi connectivity index (χ4v) is 4.77. The molecule has 1 atom stereocenters. The van der Waals surface area contributed by atoms with Crippen LogP contribution in [0.15, 0.2) is 30.3 Å². The van der Waals surface area contributed by atoms with Crippen LogP contribution < -0.4 is 10.6 Å². The third-order valence-corrected chi connectivity index (χ3v) is 6.24. The van der Waals surface area contributed by atoms with Crippen molar-refractivity contribution in [2.75, 3.05) is 18.4 Å². The molecule has 5 rings (SSSR count). The Morgan fingerprint density at radius 2 is 1.87 bits per heavy atom. The Hall–Kier alpha value is -1.87. The highest BCUT2D eigenvalue weighted by molar-refractivity contribution is 6.06. The fourth-order valence-electron chi connectivity index (χ4n) is 4.77. The standard InChI is InChI=1S/C20H22N2O/c23-19(16-12-20(16)8-10-21-11-9-20)22-17-7-6-14-5-4-13-2-1-3-15(17)18(13)14/h1-3,6-7,16,21H,4-5,8-12H2,(H,22,23). The van der Waals surface area contributed by atoms with Crippen LogP contribution in [0.2, 0.25) is 0 Å². The molecule has 1 saturated heterocycles. The summed E-state index contributed by atoms with van der Waals surface area (Å²) in [5, 5.41) is 9.23. The molecule has 3 nitrogen and oxygen atoms in total. The minimum absolute atomic E-state index is 0.215. The maximum atomic E-state index is 12.7. The Morgan fingerprint density at radius 3 is 2.70 bits per heavy atom. The van der Waals surface area contributed by atoms with Crippen LogP contribution in [0.25, 0.3) is 10.8 Å². The highest BCUT2D eigenvalue weighted by Gasteiger charge is 2.57. The zero-order valence-corrected chi connectivity index (χ0v) is 13.3. The Labute approximate surface area is 136 Å². The average Bonchev–Trinajstić information content (AvgIpc) is 3.10. The molecule has 1 heterocycles. The number of hydrogen-bond donors (Lipinski definition) is 2. The molecular formula is C20H22N2O. The van der Waals surface area contributed by atoms with E-state index in [0.29, 0.717) is 5.41 Å². The lowest BCUT2D eigenvalue weighted by Gasteiger charge is -2.23. The molecular weight excluding hydrogens is 284 g/mol. The van der Waals surface area contributed by atoms with Gasteiger partial charge in [0.25, 0.3) is 0 Å². The second-order valence-corrected chi connectivity index (χ2v) is 7.47. The molecule has 0 aromatic heterocycles. The first-order valence-electron chi connectivity index (χ1n) is 8.82. The maximum Gasteiger partial charge on any atom is 0.228 e. The number of anilines is 1. The van der Waals surface area contributed by atoms with Crippen molar-refractivity contribution in [3.63, 3.8) is 0 Å². The van der Waals surface area contributed by atoms with Gasteiger partial charge in [0, 0.05) is 17.0 Å². The van der Waals surface area contributed by atoms with E-state index in [9.17, 15) is 4.79 Å². The van der Waals surface area contributed by atoms with Crippen molar-refractivity contribution in [3.05, 3.63) is 41.5 Å². The van der Waals surface area contributed by atoms with Gasteiger partial charge in [0.1, 0.15) is 0 Å². The van der Waals surface area contributed by atoms with Crippen molar-refractivity contribution in [3.8, 4) is 0 Å². The fraction of sp³-hybridized carbons (Fsp3) is 0.450. The quantitative estimate of drug-likeness (QED) is 0.894. The molecule has 1 saturated carbocycles. The molecule has 1 unspecified atom stereocenters. The van der Waals surface area contributed by atoms with E-state index >= 15 is 0 Å². The number of hydrogen-bond acceptors (Lipinski definition) is 2. The van der Waals surface area contributed by atoms with Crippen molar-refractivity contribution in [1.82, 2.24) is 5.32 Å². The van der Waals surface area contributed by atoms with E-state index in [1.54, 1.807) is 0 Å². The molecule has 23 heavy (non-hydrogen) atoms. The van der Waals surface area contributed by atoms with Crippen LogP contribution >= 0.6 is 0 Å². The van der Waals surface area contributed by atoms with E-state index in [0.717, 1.165) is 50.9 Å². The highest BCUT2D eigenvalue weighted by atomic mass is 16.2. The lowest BCUT2D eigenvalue weighted by atomic mass is 9.91. The molecule has 2 fully saturated rings. The number of rotatable bonds is 2. The first kappa shape index (κ1) is 13.6. The zero-order chi connectivity index (χ0) is 15.4. The molecule has 2 aromatic carbocycles. The molecule has 118 valence electrons. The van der Waals surface area contributed by atoms with Gasteiger partial charge >= 0.3 is 0 Å². The number of nitrogens with one attached hydrogen (secondary N) is 2. The summed E-state index contributed by atoms with van der Waals surface area (Å²) in [7, 11) is 0. The second-order valence-electron chi connectivity index (χ2n) is 7.47. The molecule has 3 aliphatic rings. The van der Waals surface area contributed by atoms with Gasteiger partial charge in [0.15, 0.2) is 0 Å². The minimum atomic E-state index is 0.215. The van der Waals surface area contributed by atoms with E-state index in [-0.39, 0.29) is 11.8 Å². The number of piperidine rings is 1. The molecule has 0 radical (unpaired) electrons. The predicted octanol–water partition coefficient (Wildman–Crippen LogP) is 3.27. The van der Waals surface area contributed by atoms with E-state index in [4.69, 9.17) is 0 Å². The lowest BCUT2D eigenvalue weighted by Crippen LogP contribution is -2.31. The Morgan fingerprint density at radius 1 is 1.09 bits per heavy atom. The van der Waals surface area contributed by atoms with Crippen molar-refractivity contribution in [2.24, 2.45) is 11.3 Å². The molecule has 0 bridgehead atoms.